The molecule has 4 rings (SSSR count). The van der Waals surface area contributed by atoms with Crippen molar-refractivity contribution in [2.24, 2.45) is 0 Å². The Morgan fingerprint density at radius 2 is 1.84 bits per heavy atom. The fourth-order valence-electron chi connectivity index (χ4n) is 3.33. The van der Waals surface area contributed by atoms with Crippen LogP contribution in [0.2, 0.25) is 10.0 Å². The van der Waals surface area contributed by atoms with E-state index in [9.17, 15) is 0 Å². The summed E-state index contributed by atoms with van der Waals surface area (Å²) in [6.07, 6.45) is 4.16. The van der Waals surface area contributed by atoms with Crippen LogP contribution in [0, 0.1) is 0 Å². The molecule has 1 aromatic heterocycles. The summed E-state index contributed by atoms with van der Waals surface area (Å²) < 4.78 is 1.92. The highest BCUT2D eigenvalue weighted by molar-refractivity contribution is 6.43. The lowest BCUT2D eigenvalue weighted by molar-refractivity contribution is 0.767. The molecule has 2 heterocycles. The minimum atomic E-state index is 0.534. The third-order valence-corrected chi connectivity index (χ3v) is 5.40. The number of rotatable bonds is 3. The SMILES string of the molecule is Clc1cccc(-n2nc(Cc3ccccc3)c3c2NCCCC3)c1Cl. The molecule has 1 N–H and O–H groups in total. The Bertz CT molecular complexity index is 887. The van der Waals surface area contributed by atoms with Gasteiger partial charge in [0.2, 0.25) is 0 Å². The molecule has 0 saturated carbocycles. The first-order valence-corrected chi connectivity index (χ1v) is 9.32. The summed E-state index contributed by atoms with van der Waals surface area (Å²) in [5, 5.41) is 9.53. The van der Waals surface area contributed by atoms with Gasteiger partial charge in [-0.25, -0.2) is 4.68 Å². The van der Waals surface area contributed by atoms with Crippen LogP contribution in [-0.2, 0) is 12.8 Å². The maximum Gasteiger partial charge on any atom is 0.133 e. The molecule has 0 fully saturated rings. The van der Waals surface area contributed by atoms with Crippen LogP contribution in [0.5, 0.6) is 0 Å². The normalized spacial score (nSPS) is 13.8. The van der Waals surface area contributed by atoms with Gasteiger partial charge in [0.15, 0.2) is 0 Å². The molecule has 3 aromatic rings. The minimum Gasteiger partial charge on any atom is -0.370 e. The predicted molar refractivity (Wildman–Crippen MR) is 104 cm³/mol. The maximum absolute atomic E-state index is 6.46. The van der Waals surface area contributed by atoms with Crippen LogP contribution in [0.4, 0.5) is 5.82 Å². The van der Waals surface area contributed by atoms with Crippen molar-refractivity contribution in [1.82, 2.24) is 9.78 Å². The molecule has 0 atom stereocenters. The van der Waals surface area contributed by atoms with E-state index in [2.05, 4.69) is 29.6 Å². The van der Waals surface area contributed by atoms with Gasteiger partial charge < -0.3 is 5.32 Å². The van der Waals surface area contributed by atoms with E-state index < -0.39 is 0 Å². The van der Waals surface area contributed by atoms with Gasteiger partial charge >= 0.3 is 0 Å². The fourth-order valence-corrected chi connectivity index (χ4v) is 3.71. The highest BCUT2D eigenvalue weighted by Crippen LogP contribution is 2.34. The Hall–Kier alpha value is -1.97. The lowest BCUT2D eigenvalue weighted by atomic mass is 10.0. The molecular weight excluding hydrogens is 353 g/mol. The standard InChI is InChI=1S/C20H19Cl2N3/c21-16-10-6-11-18(19(16)22)25-20-15(9-4-5-12-23-20)17(24-25)13-14-7-2-1-3-8-14/h1-3,6-8,10-11,23H,4-5,9,12-13H2. The Balaban J connectivity index is 1.83. The quantitative estimate of drug-likeness (QED) is 0.656. The van der Waals surface area contributed by atoms with E-state index in [-0.39, 0.29) is 0 Å². The number of nitrogens with one attached hydrogen (secondary N) is 1. The third kappa shape index (κ3) is 3.26. The lowest BCUT2D eigenvalue weighted by Gasteiger charge is -2.11. The summed E-state index contributed by atoms with van der Waals surface area (Å²) in [6, 6.07) is 16.1. The predicted octanol–water partition coefficient (Wildman–Crippen LogP) is 5.52. The average Bonchev–Trinajstić information content (AvgIpc) is 2.81. The van der Waals surface area contributed by atoms with Crippen molar-refractivity contribution in [3.63, 3.8) is 0 Å². The number of aromatic nitrogens is 2. The van der Waals surface area contributed by atoms with Crippen LogP contribution >= 0.6 is 23.2 Å². The van der Waals surface area contributed by atoms with E-state index >= 15 is 0 Å². The van der Waals surface area contributed by atoms with Crippen molar-refractivity contribution in [3.8, 4) is 5.69 Å². The number of anilines is 1. The van der Waals surface area contributed by atoms with Crippen molar-refractivity contribution < 1.29 is 0 Å². The zero-order valence-electron chi connectivity index (χ0n) is 13.8. The molecule has 0 aliphatic carbocycles. The Morgan fingerprint density at radius 1 is 1.00 bits per heavy atom. The number of fused-ring (bicyclic) bond motifs is 1. The summed E-state index contributed by atoms with van der Waals surface area (Å²) >= 11 is 12.7. The van der Waals surface area contributed by atoms with Gasteiger partial charge in [-0.15, -0.1) is 0 Å². The molecule has 0 radical (unpaired) electrons. The van der Waals surface area contributed by atoms with Crippen LogP contribution < -0.4 is 5.32 Å². The van der Waals surface area contributed by atoms with Gasteiger partial charge in [-0.05, 0) is 37.0 Å². The first-order chi connectivity index (χ1) is 12.2. The average molecular weight is 372 g/mol. The van der Waals surface area contributed by atoms with Crippen molar-refractivity contribution >= 4 is 29.0 Å². The number of benzene rings is 2. The van der Waals surface area contributed by atoms with Gasteiger partial charge in [-0.1, -0.05) is 59.6 Å². The van der Waals surface area contributed by atoms with E-state index in [1.54, 1.807) is 6.07 Å². The summed E-state index contributed by atoms with van der Waals surface area (Å²) in [5.74, 6) is 1.05. The molecule has 2 aromatic carbocycles. The monoisotopic (exact) mass is 371 g/mol. The van der Waals surface area contributed by atoms with Crippen LogP contribution in [0.25, 0.3) is 5.69 Å². The highest BCUT2D eigenvalue weighted by Gasteiger charge is 2.22. The highest BCUT2D eigenvalue weighted by atomic mass is 35.5. The topological polar surface area (TPSA) is 29.9 Å². The van der Waals surface area contributed by atoms with Crippen LogP contribution in [-0.4, -0.2) is 16.3 Å². The number of hydrogen-bond acceptors (Lipinski definition) is 2. The maximum atomic E-state index is 6.46. The summed E-state index contributed by atoms with van der Waals surface area (Å²) in [5.41, 5.74) is 4.47. The Labute approximate surface area is 157 Å². The van der Waals surface area contributed by atoms with E-state index in [1.165, 1.54) is 11.1 Å². The van der Waals surface area contributed by atoms with Crippen molar-refractivity contribution in [1.29, 1.82) is 0 Å². The molecule has 0 saturated heterocycles. The summed E-state index contributed by atoms with van der Waals surface area (Å²) in [4.78, 5) is 0. The van der Waals surface area contributed by atoms with E-state index in [0.717, 1.165) is 49.4 Å². The van der Waals surface area contributed by atoms with E-state index in [1.807, 2.05) is 22.9 Å². The Morgan fingerprint density at radius 3 is 2.68 bits per heavy atom. The van der Waals surface area contributed by atoms with Crippen LogP contribution in [0.1, 0.15) is 29.7 Å². The molecule has 25 heavy (non-hydrogen) atoms. The zero-order chi connectivity index (χ0) is 17.2. The van der Waals surface area contributed by atoms with Crippen LogP contribution in [0.3, 0.4) is 0 Å². The fraction of sp³-hybridized carbons (Fsp3) is 0.250. The number of nitrogens with zero attached hydrogens (tertiary/aromatic N) is 2. The van der Waals surface area contributed by atoms with Gasteiger partial charge in [0.25, 0.3) is 0 Å². The lowest BCUT2D eigenvalue weighted by Crippen LogP contribution is -2.07. The van der Waals surface area contributed by atoms with Gasteiger partial charge in [0, 0.05) is 18.5 Å². The smallest absolute Gasteiger partial charge is 0.133 e. The molecule has 1 aliphatic rings. The third-order valence-electron chi connectivity index (χ3n) is 4.59. The summed E-state index contributed by atoms with van der Waals surface area (Å²) in [7, 11) is 0. The van der Waals surface area contributed by atoms with E-state index in [4.69, 9.17) is 28.3 Å². The Kier molecular flexibility index (Phi) is 4.69. The second kappa shape index (κ2) is 7.11. The van der Waals surface area contributed by atoms with Gasteiger partial charge in [0.05, 0.1) is 21.4 Å². The molecule has 128 valence electrons. The van der Waals surface area contributed by atoms with Gasteiger partial charge in [-0.2, -0.15) is 5.10 Å². The van der Waals surface area contributed by atoms with Gasteiger partial charge in [0.1, 0.15) is 5.82 Å². The molecule has 3 nitrogen and oxygen atoms in total. The second-order valence-corrected chi connectivity index (χ2v) is 7.09. The molecule has 0 amide bonds. The molecule has 0 unspecified atom stereocenters. The van der Waals surface area contributed by atoms with Crippen molar-refractivity contribution in [2.75, 3.05) is 11.9 Å². The van der Waals surface area contributed by atoms with Crippen molar-refractivity contribution in [2.45, 2.75) is 25.7 Å². The molecular formula is C20H19Cl2N3. The number of hydrogen-bond donors (Lipinski definition) is 1. The molecule has 1 aliphatic heterocycles. The largest absolute Gasteiger partial charge is 0.370 e. The van der Waals surface area contributed by atoms with Crippen molar-refractivity contribution in [3.05, 3.63) is 75.4 Å². The zero-order valence-corrected chi connectivity index (χ0v) is 15.3. The van der Waals surface area contributed by atoms with Crippen LogP contribution in [0.15, 0.2) is 48.5 Å². The molecule has 5 heteroatoms. The minimum absolute atomic E-state index is 0.534. The number of halogens is 2. The second-order valence-electron chi connectivity index (χ2n) is 6.30. The summed E-state index contributed by atoms with van der Waals surface area (Å²) in [6.45, 7) is 0.946. The van der Waals surface area contributed by atoms with Gasteiger partial charge in [-0.3, -0.25) is 0 Å². The molecule has 0 bridgehead atoms. The first kappa shape index (κ1) is 16.5. The van der Waals surface area contributed by atoms with E-state index in [0.29, 0.717) is 10.0 Å². The molecule has 0 spiro atoms. The first-order valence-electron chi connectivity index (χ1n) is 8.57.